The molecule has 0 fully saturated rings. The highest BCUT2D eigenvalue weighted by atomic mass is 32.2. The molecule has 1 heterocycles. The van der Waals surface area contributed by atoms with Gasteiger partial charge in [0.2, 0.25) is 9.84 Å². The highest BCUT2D eigenvalue weighted by molar-refractivity contribution is 7.91. The minimum Gasteiger partial charge on any atom is -0.497 e. The lowest BCUT2D eigenvalue weighted by molar-refractivity contribution is 0.391. The van der Waals surface area contributed by atoms with Gasteiger partial charge in [0, 0.05) is 6.54 Å². The molecule has 2 aromatic rings. The summed E-state index contributed by atoms with van der Waals surface area (Å²) in [4.78, 5) is 2.33. The van der Waals surface area contributed by atoms with Crippen molar-refractivity contribution in [3.63, 3.8) is 0 Å². The van der Waals surface area contributed by atoms with Crippen LogP contribution in [-0.2, 0) is 16.4 Å². The minimum atomic E-state index is -3.57. The Kier molecular flexibility index (Phi) is 4.15. The number of hydrogen-bond donors (Lipinski definition) is 0. The van der Waals surface area contributed by atoms with Crippen LogP contribution in [-0.4, -0.2) is 34.5 Å². The Labute approximate surface area is 118 Å². The molecule has 2 rings (SSSR count). The first kappa shape index (κ1) is 14.6. The van der Waals surface area contributed by atoms with Crippen molar-refractivity contribution in [1.29, 1.82) is 0 Å². The van der Waals surface area contributed by atoms with E-state index >= 15 is 0 Å². The van der Waals surface area contributed by atoms with Gasteiger partial charge in [0.25, 0.3) is 0 Å². The van der Waals surface area contributed by atoms with Crippen LogP contribution in [0.2, 0.25) is 0 Å². The molecule has 0 unspecified atom stereocenters. The number of ether oxygens (including phenoxy) is 1. The van der Waals surface area contributed by atoms with E-state index in [-0.39, 0.29) is 9.79 Å². The summed E-state index contributed by atoms with van der Waals surface area (Å²) in [7, 11) is 1.75. The molecule has 0 bridgehead atoms. The predicted octanol–water partition coefficient (Wildman–Crippen LogP) is 2.18. The zero-order chi connectivity index (χ0) is 14.8. The molecule has 20 heavy (non-hydrogen) atoms. The molecule has 1 aromatic carbocycles. The average Bonchev–Trinajstić information content (AvgIpc) is 2.92. The molecule has 0 saturated heterocycles. The van der Waals surface area contributed by atoms with Crippen molar-refractivity contribution in [2.45, 2.75) is 16.3 Å². The second-order valence-electron chi connectivity index (χ2n) is 4.67. The number of sulfone groups is 1. The van der Waals surface area contributed by atoms with Gasteiger partial charge in [-0.25, -0.2) is 8.42 Å². The van der Waals surface area contributed by atoms with Crippen molar-refractivity contribution in [3.05, 3.63) is 42.4 Å². The number of nitrogens with zero attached hydrogens (tertiary/aromatic N) is 1. The highest BCUT2D eigenvalue weighted by Crippen LogP contribution is 2.28. The van der Waals surface area contributed by atoms with Crippen molar-refractivity contribution < 1.29 is 17.6 Å². The van der Waals surface area contributed by atoms with E-state index in [1.165, 1.54) is 18.6 Å². The fraction of sp³-hybridized carbons (Fsp3) is 0.286. The van der Waals surface area contributed by atoms with E-state index in [9.17, 15) is 8.42 Å². The molecule has 0 aliphatic rings. The molecule has 5 nitrogen and oxygen atoms in total. The summed E-state index contributed by atoms with van der Waals surface area (Å²) in [6.07, 6.45) is 2.58. The van der Waals surface area contributed by atoms with Gasteiger partial charge in [0.05, 0.1) is 18.3 Å². The summed E-state index contributed by atoms with van der Waals surface area (Å²) < 4.78 is 35.2. The maximum absolute atomic E-state index is 12.6. The lowest BCUT2D eigenvalue weighted by Crippen LogP contribution is -2.14. The van der Waals surface area contributed by atoms with Crippen molar-refractivity contribution in [2.24, 2.45) is 0 Å². The van der Waals surface area contributed by atoms with Crippen LogP contribution >= 0.6 is 0 Å². The SMILES string of the molecule is COc1ccc(S(=O)(=O)c2ccoc2)c(CN(C)C)c1. The summed E-state index contributed by atoms with van der Waals surface area (Å²) in [6.45, 7) is 0.504. The van der Waals surface area contributed by atoms with Crippen LogP contribution in [0.1, 0.15) is 5.56 Å². The topological polar surface area (TPSA) is 59.8 Å². The van der Waals surface area contributed by atoms with Crippen LogP contribution in [0, 0.1) is 0 Å². The van der Waals surface area contributed by atoms with Gasteiger partial charge in [0.1, 0.15) is 16.9 Å². The van der Waals surface area contributed by atoms with Crippen LogP contribution in [0.3, 0.4) is 0 Å². The summed E-state index contributed by atoms with van der Waals surface area (Å²) in [5.41, 5.74) is 0.690. The molecule has 108 valence electrons. The Morgan fingerprint density at radius 1 is 1.25 bits per heavy atom. The molecule has 1 aromatic heterocycles. The van der Waals surface area contributed by atoms with Gasteiger partial charge in [-0.15, -0.1) is 0 Å². The molecule has 0 radical (unpaired) electrons. The van der Waals surface area contributed by atoms with E-state index in [2.05, 4.69) is 0 Å². The third-order valence-corrected chi connectivity index (χ3v) is 4.68. The summed E-state index contributed by atoms with van der Waals surface area (Å²) in [6, 6.07) is 6.40. The summed E-state index contributed by atoms with van der Waals surface area (Å²) in [5.74, 6) is 0.632. The molecule has 0 aliphatic heterocycles. The van der Waals surface area contributed by atoms with E-state index in [0.29, 0.717) is 17.9 Å². The summed E-state index contributed by atoms with van der Waals surface area (Å²) in [5, 5.41) is 0. The van der Waals surface area contributed by atoms with Crippen molar-refractivity contribution in [2.75, 3.05) is 21.2 Å². The molecule has 0 spiro atoms. The third-order valence-electron chi connectivity index (χ3n) is 2.85. The third kappa shape index (κ3) is 2.86. The second kappa shape index (κ2) is 5.68. The first-order valence-electron chi connectivity index (χ1n) is 6.04. The molecule has 0 aliphatic carbocycles. The van der Waals surface area contributed by atoms with Gasteiger partial charge >= 0.3 is 0 Å². The zero-order valence-corrected chi connectivity index (χ0v) is 12.5. The van der Waals surface area contributed by atoms with Crippen molar-refractivity contribution >= 4 is 9.84 Å². The van der Waals surface area contributed by atoms with Gasteiger partial charge in [0.15, 0.2) is 0 Å². The van der Waals surface area contributed by atoms with Crippen LogP contribution in [0.25, 0.3) is 0 Å². The van der Waals surface area contributed by atoms with Crippen LogP contribution in [0.15, 0.2) is 51.0 Å². The van der Waals surface area contributed by atoms with Gasteiger partial charge < -0.3 is 14.1 Å². The Morgan fingerprint density at radius 3 is 2.55 bits per heavy atom. The van der Waals surface area contributed by atoms with Gasteiger partial charge in [-0.05, 0) is 43.9 Å². The Balaban J connectivity index is 2.56. The average molecular weight is 295 g/mol. The van der Waals surface area contributed by atoms with E-state index in [0.717, 1.165) is 0 Å². The molecule has 0 atom stereocenters. The van der Waals surface area contributed by atoms with E-state index in [4.69, 9.17) is 9.15 Å². The van der Waals surface area contributed by atoms with E-state index < -0.39 is 9.84 Å². The molecular formula is C14H17NO4S. The number of benzene rings is 1. The van der Waals surface area contributed by atoms with Crippen LogP contribution in [0.4, 0.5) is 0 Å². The Bertz CT molecular complexity index is 675. The van der Waals surface area contributed by atoms with Crippen molar-refractivity contribution in [1.82, 2.24) is 4.90 Å². The van der Waals surface area contributed by atoms with Crippen LogP contribution in [0.5, 0.6) is 5.75 Å². The highest BCUT2D eigenvalue weighted by Gasteiger charge is 2.23. The predicted molar refractivity (Wildman–Crippen MR) is 74.5 cm³/mol. The largest absolute Gasteiger partial charge is 0.497 e. The Hall–Kier alpha value is -1.79. The lowest BCUT2D eigenvalue weighted by atomic mass is 10.2. The first-order valence-corrected chi connectivity index (χ1v) is 7.52. The number of furan rings is 1. The Morgan fingerprint density at radius 2 is 2.00 bits per heavy atom. The maximum Gasteiger partial charge on any atom is 0.210 e. The zero-order valence-electron chi connectivity index (χ0n) is 11.7. The minimum absolute atomic E-state index is 0.155. The quantitative estimate of drug-likeness (QED) is 0.846. The second-order valence-corrected chi connectivity index (χ2v) is 6.59. The van der Waals surface area contributed by atoms with E-state index in [1.807, 2.05) is 19.0 Å². The van der Waals surface area contributed by atoms with Gasteiger partial charge in [-0.2, -0.15) is 0 Å². The molecule has 0 N–H and O–H groups in total. The smallest absolute Gasteiger partial charge is 0.210 e. The standard InChI is InChI=1S/C14H17NO4S/c1-15(2)9-11-8-12(18-3)4-5-14(11)20(16,17)13-6-7-19-10-13/h4-8,10H,9H2,1-3H3. The fourth-order valence-corrected chi connectivity index (χ4v) is 3.33. The van der Waals surface area contributed by atoms with E-state index in [1.54, 1.807) is 25.3 Å². The van der Waals surface area contributed by atoms with Crippen LogP contribution < -0.4 is 4.74 Å². The van der Waals surface area contributed by atoms with Crippen molar-refractivity contribution in [3.8, 4) is 5.75 Å². The first-order chi connectivity index (χ1) is 9.45. The van der Waals surface area contributed by atoms with Gasteiger partial charge in [-0.1, -0.05) is 0 Å². The van der Waals surface area contributed by atoms with Gasteiger partial charge in [-0.3, -0.25) is 0 Å². The normalized spacial score (nSPS) is 11.8. The maximum atomic E-state index is 12.6. The summed E-state index contributed by atoms with van der Waals surface area (Å²) >= 11 is 0. The molecule has 0 saturated carbocycles. The molecule has 0 amide bonds. The number of rotatable bonds is 5. The molecular weight excluding hydrogens is 278 g/mol. The number of hydrogen-bond acceptors (Lipinski definition) is 5. The number of methoxy groups -OCH3 is 1. The monoisotopic (exact) mass is 295 g/mol. The lowest BCUT2D eigenvalue weighted by Gasteiger charge is -2.15. The fourth-order valence-electron chi connectivity index (χ4n) is 1.94. The molecule has 6 heteroatoms.